The average molecular weight is 884 g/mol. The minimum Gasteiger partial charge on any atom is -0.311 e. The van der Waals surface area contributed by atoms with Crippen LogP contribution in [-0.2, 0) is 0 Å². The minimum absolute atomic E-state index is 1.09. The number of benzene rings is 11. The zero-order valence-corrected chi connectivity index (χ0v) is 38.1. The standard InChI is InChI=1S/C66H49N3/c1-6-20-58(21-7-1)67(59-22-8-2-9-23-59)63-44-40-52(41-45-63)50-32-36-54(37-33-50)56-18-16-30-65(48-56)69(62-28-14-5-15-29-62)66-31-17-19-57(49-66)55-38-34-51(35-39-55)53-42-46-64(47-43-53)68(60-24-10-3-11-25-60)61-26-12-4-13-27-61/h1-49H. The van der Waals surface area contributed by atoms with Crippen molar-refractivity contribution in [3.8, 4) is 44.5 Å². The first-order valence-corrected chi connectivity index (χ1v) is 23.5. The van der Waals surface area contributed by atoms with Crippen LogP contribution in [0.25, 0.3) is 44.5 Å². The van der Waals surface area contributed by atoms with Gasteiger partial charge in [0.15, 0.2) is 0 Å². The van der Waals surface area contributed by atoms with Crippen molar-refractivity contribution in [1.29, 1.82) is 0 Å². The van der Waals surface area contributed by atoms with Crippen molar-refractivity contribution in [3.63, 3.8) is 0 Å². The maximum Gasteiger partial charge on any atom is 0.0467 e. The molecule has 0 saturated carbocycles. The molecular weight excluding hydrogens is 835 g/mol. The molecule has 0 amide bonds. The van der Waals surface area contributed by atoms with E-state index >= 15 is 0 Å². The Morgan fingerprint density at radius 2 is 0.319 bits per heavy atom. The highest BCUT2D eigenvalue weighted by Gasteiger charge is 2.17. The van der Waals surface area contributed by atoms with Crippen molar-refractivity contribution >= 4 is 51.2 Å². The molecule has 0 aliphatic carbocycles. The first kappa shape index (κ1) is 42.5. The third-order valence-corrected chi connectivity index (χ3v) is 12.6. The Morgan fingerprint density at radius 3 is 0.580 bits per heavy atom. The van der Waals surface area contributed by atoms with Gasteiger partial charge in [0.2, 0.25) is 0 Å². The van der Waals surface area contributed by atoms with E-state index in [1.54, 1.807) is 0 Å². The number of hydrogen-bond donors (Lipinski definition) is 0. The van der Waals surface area contributed by atoms with Gasteiger partial charge in [-0.25, -0.2) is 0 Å². The van der Waals surface area contributed by atoms with Gasteiger partial charge in [0.1, 0.15) is 0 Å². The van der Waals surface area contributed by atoms with E-state index in [4.69, 9.17) is 0 Å². The Labute approximate surface area is 405 Å². The third-order valence-electron chi connectivity index (χ3n) is 12.6. The first-order valence-electron chi connectivity index (χ1n) is 23.5. The molecule has 328 valence electrons. The topological polar surface area (TPSA) is 9.72 Å². The van der Waals surface area contributed by atoms with E-state index in [-0.39, 0.29) is 0 Å². The molecular formula is C66H49N3. The monoisotopic (exact) mass is 883 g/mol. The molecule has 0 fully saturated rings. The minimum atomic E-state index is 1.09. The van der Waals surface area contributed by atoms with Crippen LogP contribution < -0.4 is 14.7 Å². The predicted molar refractivity (Wildman–Crippen MR) is 292 cm³/mol. The lowest BCUT2D eigenvalue weighted by molar-refractivity contribution is 1.28. The highest BCUT2D eigenvalue weighted by molar-refractivity contribution is 5.84. The molecule has 3 heteroatoms. The molecule has 0 heterocycles. The maximum atomic E-state index is 2.35. The van der Waals surface area contributed by atoms with E-state index in [0.717, 1.165) is 73.4 Å². The number of nitrogens with zero attached hydrogens (tertiary/aromatic N) is 3. The molecule has 0 radical (unpaired) electrons. The molecule has 3 nitrogen and oxygen atoms in total. The second kappa shape index (κ2) is 19.7. The smallest absolute Gasteiger partial charge is 0.0467 e. The molecule has 0 saturated heterocycles. The highest BCUT2D eigenvalue weighted by atomic mass is 15.2. The molecule has 0 aliphatic rings. The molecule has 0 N–H and O–H groups in total. The van der Waals surface area contributed by atoms with Crippen molar-refractivity contribution in [2.75, 3.05) is 14.7 Å². The summed E-state index contributed by atoms with van der Waals surface area (Å²) in [5, 5.41) is 0. The summed E-state index contributed by atoms with van der Waals surface area (Å²) in [6.45, 7) is 0. The molecule has 0 aromatic heterocycles. The van der Waals surface area contributed by atoms with Gasteiger partial charge in [0.05, 0.1) is 0 Å². The number of hydrogen-bond acceptors (Lipinski definition) is 3. The predicted octanol–water partition coefficient (Wildman–Crippen LogP) is 18.8. The zero-order chi connectivity index (χ0) is 46.2. The van der Waals surface area contributed by atoms with Crippen LogP contribution in [0, 0.1) is 0 Å². The molecule has 11 aromatic carbocycles. The summed E-state index contributed by atoms with van der Waals surface area (Å²) < 4.78 is 0. The number of para-hydroxylation sites is 5. The first-order chi connectivity index (χ1) is 34.2. The van der Waals surface area contributed by atoms with Gasteiger partial charge in [-0.2, -0.15) is 0 Å². The lowest BCUT2D eigenvalue weighted by Crippen LogP contribution is -2.10. The van der Waals surface area contributed by atoms with E-state index in [9.17, 15) is 0 Å². The molecule has 0 unspecified atom stereocenters. The molecule has 0 atom stereocenters. The molecule has 11 rings (SSSR count). The number of anilines is 9. The molecule has 11 aromatic rings. The van der Waals surface area contributed by atoms with Crippen LogP contribution in [0.1, 0.15) is 0 Å². The van der Waals surface area contributed by atoms with Gasteiger partial charge in [-0.15, -0.1) is 0 Å². The lowest BCUT2D eigenvalue weighted by atomic mass is 9.98. The van der Waals surface area contributed by atoms with Crippen LogP contribution in [0.2, 0.25) is 0 Å². The summed E-state index contributed by atoms with van der Waals surface area (Å²) >= 11 is 0. The fourth-order valence-electron chi connectivity index (χ4n) is 9.19. The fourth-order valence-corrected chi connectivity index (χ4v) is 9.19. The lowest BCUT2D eigenvalue weighted by Gasteiger charge is -2.26. The van der Waals surface area contributed by atoms with Crippen LogP contribution in [0.3, 0.4) is 0 Å². The zero-order valence-electron chi connectivity index (χ0n) is 38.1. The van der Waals surface area contributed by atoms with Crippen molar-refractivity contribution in [1.82, 2.24) is 0 Å². The largest absolute Gasteiger partial charge is 0.311 e. The van der Waals surface area contributed by atoms with Gasteiger partial charge < -0.3 is 14.7 Å². The second-order valence-electron chi connectivity index (χ2n) is 17.0. The molecule has 0 aliphatic heterocycles. The Hall–Kier alpha value is -9.18. The highest BCUT2D eigenvalue weighted by Crippen LogP contribution is 2.41. The summed E-state index contributed by atoms with van der Waals surface area (Å²) in [6.07, 6.45) is 0. The van der Waals surface area contributed by atoms with Crippen LogP contribution >= 0.6 is 0 Å². The molecule has 0 bridgehead atoms. The Bertz CT molecular complexity index is 3090. The van der Waals surface area contributed by atoms with E-state index in [0.29, 0.717) is 0 Å². The summed E-state index contributed by atoms with van der Waals surface area (Å²) in [5.41, 5.74) is 19.4. The van der Waals surface area contributed by atoms with Gasteiger partial charge in [-0.3, -0.25) is 0 Å². The van der Waals surface area contributed by atoms with Crippen LogP contribution in [0.15, 0.2) is 297 Å². The summed E-state index contributed by atoms with van der Waals surface area (Å²) in [4.78, 5) is 6.93. The summed E-state index contributed by atoms with van der Waals surface area (Å²) in [7, 11) is 0. The SMILES string of the molecule is c1ccc(N(c2ccccc2)c2ccc(-c3ccc(-c4cccc(N(c5ccccc5)c5cccc(-c6ccc(-c7ccc(N(c8ccccc8)c8ccccc8)cc7)cc6)c5)c4)cc3)cc2)cc1. The van der Waals surface area contributed by atoms with Crippen molar-refractivity contribution in [2.45, 2.75) is 0 Å². The van der Waals surface area contributed by atoms with Gasteiger partial charge in [0.25, 0.3) is 0 Å². The number of rotatable bonds is 13. The van der Waals surface area contributed by atoms with Crippen molar-refractivity contribution < 1.29 is 0 Å². The average Bonchev–Trinajstić information content (AvgIpc) is 3.43. The second-order valence-corrected chi connectivity index (χ2v) is 17.0. The van der Waals surface area contributed by atoms with Gasteiger partial charge in [-0.1, -0.05) is 188 Å². The Morgan fingerprint density at radius 1 is 0.130 bits per heavy atom. The van der Waals surface area contributed by atoms with Gasteiger partial charge in [-0.05, 0) is 154 Å². The van der Waals surface area contributed by atoms with Crippen LogP contribution in [-0.4, -0.2) is 0 Å². The van der Waals surface area contributed by atoms with E-state index in [1.807, 2.05) is 0 Å². The fraction of sp³-hybridized carbons (Fsp3) is 0. The van der Waals surface area contributed by atoms with E-state index in [1.165, 1.54) is 22.3 Å². The van der Waals surface area contributed by atoms with Crippen molar-refractivity contribution in [2.24, 2.45) is 0 Å². The third kappa shape index (κ3) is 9.31. The Kier molecular flexibility index (Phi) is 12.1. The normalized spacial score (nSPS) is 10.9. The van der Waals surface area contributed by atoms with Crippen molar-refractivity contribution in [3.05, 3.63) is 297 Å². The van der Waals surface area contributed by atoms with E-state index < -0.39 is 0 Å². The van der Waals surface area contributed by atoms with Crippen LogP contribution in [0.4, 0.5) is 51.2 Å². The maximum absolute atomic E-state index is 2.35. The molecule has 69 heavy (non-hydrogen) atoms. The van der Waals surface area contributed by atoms with Crippen LogP contribution in [0.5, 0.6) is 0 Å². The van der Waals surface area contributed by atoms with Gasteiger partial charge >= 0.3 is 0 Å². The molecule has 0 spiro atoms. The van der Waals surface area contributed by atoms with E-state index in [2.05, 4.69) is 312 Å². The van der Waals surface area contributed by atoms with Gasteiger partial charge in [0, 0.05) is 51.2 Å². The Balaban J connectivity index is 0.835. The summed E-state index contributed by atoms with van der Waals surface area (Å²) in [6, 6.07) is 106. The quantitative estimate of drug-likeness (QED) is 0.114. The summed E-state index contributed by atoms with van der Waals surface area (Å²) in [5.74, 6) is 0.